The van der Waals surface area contributed by atoms with Gasteiger partial charge in [-0.05, 0) is 18.1 Å². The van der Waals surface area contributed by atoms with Gasteiger partial charge in [0, 0.05) is 18.9 Å². The molecule has 17 heavy (non-hydrogen) atoms. The van der Waals surface area contributed by atoms with Gasteiger partial charge in [-0.1, -0.05) is 24.3 Å². The van der Waals surface area contributed by atoms with Crippen LogP contribution in [0.3, 0.4) is 0 Å². The highest BCUT2D eigenvalue weighted by Crippen LogP contribution is 2.37. The normalized spacial score (nSPS) is 18.5. The molecule has 1 fully saturated rings. The van der Waals surface area contributed by atoms with E-state index in [2.05, 4.69) is 5.32 Å². The summed E-state index contributed by atoms with van der Waals surface area (Å²) in [5.41, 5.74) is 1.98. The Hall–Kier alpha value is -1.45. The first-order chi connectivity index (χ1) is 7.96. The fourth-order valence-electron chi connectivity index (χ4n) is 2.02. The average molecular weight is 239 g/mol. The number of rotatable bonds is 3. The number of aryl methyl sites for hydroxylation is 1. The molecule has 2 nitrogen and oxygen atoms in total. The highest BCUT2D eigenvalue weighted by molar-refractivity contribution is 5.79. The van der Waals surface area contributed by atoms with Gasteiger partial charge < -0.3 is 5.32 Å². The van der Waals surface area contributed by atoms with E-state index in [0.29, 0.717) is 0 Å². The maximum Gasteiger partial charge on any atom is 0.252 e. The van der Waals surface area contributed by atoms with Gasteiger partial charge in [-0.3, -0.25) is 4.79 Å². The summed E-state index contributed by atoms with van der Waals surface area (Å²) < 4.78 is 25.2. The van der Waals surface area contributed by atoms with Crippen molar-refractivity contribution in [3.8, 4) is 0 Å². The van der Waals surface area contributed by atoms with Gasteiger partial charge in [0.05, 0.1) is 6.42 Å². The van der Waals surface area contributed by atoms with Gasteiger partial charge in [0.25, 0.3) is 5.92 Å². The van der Waals surface area contributed by atoms with Gasteiger partial charge in [0.2, 0.25) is 5.91 Å². The molecule has 0 heterocycles. The quantitative estimate of drug-likeness (QED) is 0.862. The number of hydrogen-bond donors (Lipinski definition) is 1. The molecular weight excluding hydrogens is 224 g/mol. The Morgan fingerprint density at radius 3 is 2.65 bits per heavy atom. The van der Waals surface area contributed by atoms with Crippen molar-refractivity contribution in [2.24, 2.45) is 0 Å². The minimum Gasteiger partial charge on any atom is -0.353 e. The lowest BCUT2D eigenvalue weighted by Crippen LogP contribution is -2.50. The van der Waals surface area contributed by atoms with E-state index in [-0.39, 0.29) is 31.2 Å². The first kappa shape index (κ1) is 12.0. The predicted octanol–water partition coefficient (Wildman–Crippen LogP) is 2.45. The molecule has 92 valence electrons. The maximum atomic E-state index is 12.6. The van der Waals surface area contributed by atoms with Crippen molar-refractivity contribution in [2.45, 2.75) is 38.2 Å². The van der Waals surface area contributed by atoms with E-state index in [4.69, 9.17) is 0 Å². The summed E-state index contributed by atoms with van der Waals surface area (Å²) >= 11 is 0. The van der Waals surface area contributed by atoms with Crippen LogP contribution in [0.25, 0.3) is 0 Å². The third kappa shape index (κ3) is 3.02. The van der Waals surface area contributed by atoms with E-state index in [0.717, 1.165) is 11.1 Å². The van der Waals surface area contributed by atoms with Gasteiger partial charge in [0.15, 0.2) is 0 Å². The van der Waals surface area contributed by atoms with E-state index in [9.17, 15) is 13.6 Å². The zero-order valence-corrected chi connectivity index (χ0v) is 9.67. The summed E-state index contributed by atoms with van der Waals surface area (Å²) in [5.74, 6) is -2.76. The zero-order valence-electron chi connectivity index (χ0n) is 9.67. The fourth-order valence-corrected chi connectivity index (χ4v) is 2.02. The van der Waals surface area contributed by atoms with Crippen LogP contribution in [0.4, 0.5) is 8.78 Å². The molecule has 0 aromatic heterocycles. The van der Waals surface area contributed by atoms with Crippen molar-refractivity contribution in [2.75, 3.05) is 0 Å². The molecule has 2 rings (SSSR count). The van der Waals surface area contributed by atoms with Gasteiger partial charge in [0.1, 0.15) is 0 Å². The molecule has 1 aromatic carbocycles. The van der Waals surface area contributed by atoms with Crippen molar-refractivity contribution in [3.63, 3.8) is 0 Å². The largest absolute Gasteiger partial charge is 0.353 e. The molecule has 1 aliphatic carbocycles. The fraction of sp³-hybridized carbons (Fsp3) is 0.462. The molecule has 0 saturated heterocycles. The summed E-state index contributed by atoms with van der Waals surface area (Å²) in [4.78, 5) is 11.6. The molecule has 0 unspecified atom stereocenters. The average Bonchev–Trinajstić information content (AvgIpc) is 2.18. The van der Waals surface area contributed by atoms with Crippen LogP contribution in [-0.4, -0.2) is 17.9 Å². The molecule has 1 aliphatic rings. The number of alkyl halides is 2. The van der Waals surface area contributed by atoms with Crippen molar-refractivity contribution in [1.82, 2.24) is 5.32 Å². The highest BCUT2D eigenvalue weighted by Gasteiger charge is 2.45. The summed E-state index contributed by atoms with van der Waals surface area (Å²) in [6.07, 6.45) is -0.201. The molecule has 1 N–H and O–H groups in total. The van der Waals surface area contributed by atoms with Crippen molar-refractivity contribution in [1.29, 1.82) is 0 Å². The third-order valence-corrected chi connectivity index (χ3v) is 3.07. The molecule has 4 heteroatoms. The lowest BCUT2D eigenvalue weighted by Gasteiger charge is -2.35. The van der Waals surface area contributed by atoms with Gasteiger partial charge in [-0.25, -0.2) is 8.78 Å². The second kappa shape index (κ2) is 4.43. The topological polar surface area (TPSA) is 29.1 Å². The van der Waals surface area contributed by atoms with Crippen LogP contribution in [0, 0.1) is 6.92 Å². The van der Waals surface area contributed by atoms with Gasteiger partial charge in [-0.15, -0.1) is 0 Å². The first-order valence-corrected chi connectivity index (χ1v) is 5.68. The van der Waals surface area contributed by atoms with Crippen LogP contribution in [0.1, 0.15) is 24.0 Å². The van der Waals surface area contributed by atoms with Crippen LogP contribution >= 0.6 is 0 Å². The molecule has 1 aromatic rings. The van der Waals surface area contributed by atoms with Crippen molar-refractivity contribution < 1.29 is 13.6 Å². The number of amides is 1. The minimum absolute atomic E-state index is 0.181. The molecule has 0 radical (unpaired) electrons. The van der Waals surface area contributed by atoms with Crippen LogP contribution in [0.15, 0.2) is 24.3 Å². The number of carbonyl (C=O) groups excluding carboxylic acids is 1. The Balaban J connectivity index is 1.85. The van der Waals surface area contributed by atoms with Crippen LogP contribution in [0.5, 0.6) is 0 Å². The predicted molar refractivity (Wildman–Crippen MR) is 61.0 cm³/mol. The van der Waals surface area contributed by atoms with Crippen LogP contribution < -0.4 is 5.32 Å². The molecular formula is C13H15F2NO. The number of carbonyl (C=O) groups is 1. The molecule has 1 saturated carbocycles. The Labute approximate surface area is 99.0 Å². The highest BCUT2D eigenvalue weighted by atomic mass is 19.3. The van der Waals surface area contributed by atoms with E-state index >= 15 is 0 Å². The second-order valence-corrected chi connectivity index (χ2v) is 4.63. The summed E-state index contributed by atoms with van der Waals surface area (Å²) in [5, 5.41) is 2.63. The van der Waals surface area contributed by atoms with E-state index in [1.165, 1.54) is 0 Å². The number of nitrogens with one attached hydrogen (secondary N) is 1. The Morgan fingerprint density at radius 1 is 1.41 bits per heavy atom. The van der Waals surface area contributed by atoms with E-state index in [1.807, 2.05) is 31.2 Å². The molecule has 0 aliphatic heterocycles. The monoisotopic (exact) mass is 239 g/mol. The lowest BCUT2D eigenvalue weighted by atomic mass is 9.88. The van der Waals surface area contributed by atoms with Crippen LogP contribution in [-0.2, 0) is 11.2 Å². The summed E-state index contributed by atoms with van der Waals surface area (Å²) in [6.45, 7) is 1.93. The van der Waals surface area contributed by atoms with E-state index < -0.39 is 5.92 Å². The molecule has 0 atom stereocenters. The lowest BCUT2D eigenvalue weighted by molar-refractivity contribution is -0.128. The van der Waals surface area contributed by atoms with Crippen molar-refractivity contribution in [3.05, 3.63) is 35.4 Å². The van der Waals surface area contributed by atoms with Crippen LogP contribution in [0.2, 0.25) is 0 Å². The minimum atomic E-state index is -2.58. The Morgan fingerprint density at radius 2 is 2.06 bits per heavy atom. The zero-order chi connectivity index (χ0) is 12.5. The molecule has 0 spiro atoms. The van der Waals surface area contributed by atoms with E-state index in [1.54, 1.807) is 0 Å². The van der Waals surface area contributed by atoms with Gasteiger partial charge in [-0.2, -0.15) is 0 Å². The standard InChI is InChI=1S/C13H15F2NO/c1-9-4-2-3-5-10(9)6-12(17)16-11-7-13(14,15)8-11/h2-5,11H,6-8H2,1H3,(H,16,17). The third-order valence-electron chi connectivity index (χ3n) is 3.07. The Kier molecular flexibility index (Phi) is 3.13. The van der Waals surface area contributed by atoms with Crippen molar-refractivity contribution >= 4 is 5.91 Å². The van der Waals surface area contributed by atoms with Gasteiger partial charge >= 0.3 is 0 Å². The SMILES string of the molecule is Cc1ccccc1CC(=O)NC1CC(F)(F)C1. The molecule has 1 amide bonds. The number of benzene rings is 1. The summed E-state index contributed by atoms with van der Waals surface area (Å²) in [6, 6.07) is 7.22. The first-order valence-electron chi connectivity index (χ1n) is 5.68. The smallest absolute Gasteiger partial charge is 0.252 e. The number of hydrogen-bond acceptors (Lipinski definition) is 1. The molecule has 0 bridgehead atoms. The summed E-state index contributed by atoms with van der Waals surface area (Å²) in [7, 11) is 0. The Bertz CT molecular complexity index is 423. The number of halogens is 2. The maximum absolute atomic E-state index is 12.6. The second-order valence-electron chi connectivity index (χ2n) is 4.63.